The average Bonchev–Trinajstić information content (AvgIpc) is 2.49. The van der Waals surface area contributed by atoms with Crippen LogP contribution in [0, 0.1) is 18.6 Å². The van der Waals surface area contributed by atoms with Crippen LogP contribution in [-0.4, -0.2) is 29.1 Å². The molecule has 132 valence electrons. The number of rotatable bonds is 4. The Morgan fingerprint density at radius 3 is 2.48 bits per heavy atom. The molecule has 1 amide bonds. The molecule has 0 saturated heterocycles. The topological polar surface area (TPSA) is 88.5 Å². The zero-order valence-electron chi connectivity index (χ0n) is 13.4. The number of methoxy groups -OCH3 is 1. The number of carbonyl (C=O) groups excluding carboxylic acids is 1. The number of nitrogens with zero attached hydrogens (tertiary/aromatic N) is 1. The molecule has 9 heteroatoms. The van der Waals surface area contributed by atoms with Gasteiger partial charge in [0.1, 0.15) is 5.82 Å². The molecule has 0 fully saturated rings. The molecule has 0 saturated carbocycles. The van der Waals surface area contributed by atoms with Gasteiger partial charge in [0.2, 0.25) is 5.91 Å². The lowest BCUT2D eigenvalue weighted by Crippen LogP contribution is -2.11. The molecule has 0 atom stereocenters. The first-order valence-corrected chi connectivity index (χ1v) is 7.29. The van der Waals surface area contributed by atoms with Crippen LogP contribution in [0.1, 0.15) is 23.0 Å². The van der Waals surface area contributed by atoms with Gasteiger partial charge in [-0.05, 0) is 24.6 Å². The molecule has 0 aliphatic rings. The molecule has 25 heavy (non-hydrogen) atoms. The van der Waals surface area contributed by atoms with Gasteiger partial charge in [0.15, 0.2) is 17.3 Å². The second-order valence-electron chi connectivity index (χ2n) is 5.10. The van der Waals surface area contributed by atoms with Crippen molar-refractivity contribution in [1.29, 1.82) is 0 Å². The highest BCUT2D eigenvalue weighted by atomic mass is 35.5. The maximum Gasteiger partial charge on any atom is 0.356 e. The van der Waals surface area contributed by atoms with E-state index in [2.05, 4.69) is 10.3 Å². The highest BCUT2D eigenvalue weighted by molar-refractivity contribution is 6.36. The van der Waals surface area contributed by atoms with Crippen molar-refractivity contribution in [1.82, 2.24) is 4.98 Å². The molecule has 2 rings (SSSR count). The molecule has 0 aliphatic heterocycles. The summed E-state index contributed by atoms with van der Waals surface area (Å²) in [7, 11) is 1.22. The molecule has 2 aromatic rings. The Kier molecular flexibility index (Phi) is 5.22. The number of hydrogen-bond donors (Lipinski definition) is 2. The van der Waals surface area contributed by atoms with E-state index >= 15 is 0 Å². The number of aromatic carboxylic acids is 1. The van der Waals surface area contributed by atoms with E-state index in [1.165, 1.54) is 21.0 Å². The molecule has 0 unspecified atom stereocenters. The van der Waals surface area contributed by atoms with E-state index < -0.39 is 34.8 Å². The molecule has 1 aromatic carbocycles. The lowest BCUT2D eigenvalue weighted by atomic mass is 10.0. The Labute approximate surface area is 146 Å². The van der Waals surface area contributed by atoms with Crippen LogP contribution in [0.2, 0.25) is 5.02 Å². The summed E-state index contributed by atoms with van der Waals surface area (Å²) in [5.41, 5.74) is -1.50. The first-order chi connectivity index (χ1) is 11.7. The lowest BCUT2D eigenvalue weighted by molar-refractivity contribution is -0.114. The van der Waals surface area contributed by atoms with Gasteiger partial charge in [-0.3, -0.25) is 4.79 Å². The highest BCUT2D eigenvalue weighted by Crippen LogP contribution is 2.36. The van der Waals surface area contributed by atoms with Crippen LogP contribution >= 0.6 is 11.6 Å². The lowest BCUT2D eigenvalue weighted by Gasteiger charge is -2.14. The molecule has 2 N–H and O–H groups in total. The minimum atomic E-state index is -1.52. The Hall–Kier alpha value is -2.74. The van der Waals surface area contributed by atoms with Crippen molar-refractivity contribution < 1.29 is 28.2 Å². The van der Waals surface area contributed by atoms with Gasteiger partial charge >= 0.3 is 5.97 Å². The van der Waals surface area contributed by atoms with Crippen LogP contribution in [-0.2, 0) is 4.79 Å². The molecule has 0 spiro atoms. The van der Waals surface area contributed by atoms with Crippen molar-refractivity contribution in [3.8, 4) is 17.0 Å². The van der Waals surface area contributed by atoms with Gasteiger partial charge in [-0.15, -0.1) is 0 Å². The summed E-state index contributed by atoms with van der Waals surface area (Å²) in [6.45, 7) is 2.63. The Balaban J connectivity index is 2.82. The number of aromatic nitrogens is 1. The third-order valence-corrected chi connectivity index (χ3v) is 3.67. The molecule has 0 bridgehead atoms. The van der Waals surface area contributed by atoms with Gasteiger partial charge in [0.25, 0.3) is 0 Å². The van der Waals surface area contributed by atoms with E-state index in [0.29, 0.717) is 0 Å². The number of aryl methyl sites for hydroxylation is 1. The summed E-state index contributed by atoms with van der Waals surface area (Å²) >= 11 is 5.90. The van der Waals surface area contributed by atoms with Crippen molar-refractivity contribution in [3.05, 3.63) is 40.0 Å². The standard InChI is InChI=1S/C16H13ClF2N2O4/c1-6-4-8(18)11(13(19)15(6)25-3)9-5-10(20-7(2)22)12(17)14(21-9)16(23)24/h4-5H,1-3H3,(H,23,24)(H,20,21,22). The maximum absolute atomic E-state index is 14.6. The fourth-order valence-corrected chi connectivity index (χ4v) is 2.51. The third kappa shape index (κ3) is 3.53. The SMILES string of the molecule is COc1c(C)cc(F)c(-c2cc(NC(C)=O)c(Cl)c(C(=O)O)n2)c1F. The van der Waals surface area contributed by atoms with Crippen molar-refractivity contribution in [3.63, 3.8) is 0 Å². The zero-order valence-corrected chi connectivity index (χ0v) is 14.2. The molecule has 1 aromatic heterocycles. The summed E-state index contributed by atoms with van der Waals surface area (Å²) in [5, 5.41) is 11.2. The number of hydrogen-bond acceptors (Lipinski definition) is 4. The van der Waals surface area contributed by atoms with Gasteiger partial charge < -0.3 is 15.2 Å². The maximum atomic E-state index is 14.6. The number of ether oxygens (including phenoxy) is 1. The number of amides is 1. The minimum absolute atomic E-state index is 0.130. The highest BCUT2D eigenvalue weighted by Gasteiger charge is 2.24. The molecule has 0 aliphatic carbocycles. The number of benzene rings is 1. The van der Waals surface area contributed by atoms with Crippen LogP contribution in [0.4, 0.5) is 14.5 Å². The number of anilines is 1. The van der Waals surface area contributed by atoms with Gasteiger partial charge in [0.05, 0.1) is 29.1 Å². The Morgan fingerprint density at radius 1 is 1.32 bits per heavy atom. The second-order valence-corrected chi connectivity index (χ2v) is 5.48. The first-order valence-electron chi connectivity index (χ1n) is 6.91. The number of carboxylic acids is 1. The second kappa shape index (κ2) is 7.02. The number of carbonyl (C=O) groups is 2. The Bertz CT molecular complexity index is 887. The van der Waals surface area contributed by atoms with Gasteiger partial charge in [-0.2, -0.15) is 0 Å². The minimum Gasteiger partial charge on any atom is -0.493 e. The van der Waals surface area contributed by atoms with Crippen LogP contribution in [0.25, 0.3) is 11.3 Å². The number of nitrogens with one attached hydrogen (secondary N) is 1. The van der Waals surface area contributed by atoms with Crippen LogP contribution in [0.5, 0.6) is 5.75 Å². The average molecular weight is 371 g/mol. The monoisotopic (exact) mass is 370 g/mol. The van der Waals surface area contributed by atoms with E-state index in [1.54, 1.807) is 0 Å². The summed E-state index contributed by atoms with van der Waals surface area (Å²) in [5.74, 6) is -4.27. The van der Waals surface area contributed by atoms with E-state index in [4.69, 9.17) is 16.3 Å². The van der Waals surface area contributed by atoms with E-state index in [-0.39, 0.29) is 27.7 Å². The first kappa shape index (κ1) is 18.6. The van der Waals surface area contributed by atoms with Gasteiger partial charge in [-0.1, -0.05) is 11.6 Å². The Morgan fingerprint density at radius 2 is 1.96 bits per heavy atom. The van der Waals surface area contributed by atoms with E-state index in [0.717, 1.165) is 12.1 Å². The summed E-state index contributed by atoms with van der Waals surface area (Å²) < 4.78 is 33.9. The normalized spacial score (nSPS) is 10.5. The molecule has 6 nitrogen and oxygen atoms in total. The zero-order chi connectivity index (χ0) is 18.9. The van der Waals surface area contributed by atoms with Crippen LogP contribution in [0.3, 0.4) is 0 Å². The fourth-order valence-electron chi connectivity index (χ4n) is 2.28. The van der Waals surface area contributed by atoms with E-state index in [1.807, 2.05) is 0 Å². The fraction of sp³-hybridized carbons (Fsp3) is 0.188. The van der Waals surface area contributed by atoms with Crippen molar-refractivity contribution in [2.24, 2.45) is 0 Å². The summed E-state index contributed by atoms with van der Waals surface area (Å²) in [6.07, 6.45) is 0. The molecule has 1 heterocycles. The molecular formula is C16H13ClF2N2O4. The predicted octanol–water partition coefficient (Wildman–Crippen LogP) is 3.65. The van der Waals surface area contributed by atoms with Crippen LogP contribution in [0.15, 0.2) is 12.1 Å². The quantitative estimate of drug-likeness (QED) is 0.857. The largest absolute Gasteiger partial charge is 0.493 e. The van der Waals surface area contributed by atoms with Crippen molar-refractivity contribution in [2.75, 3.05) is 12.4 Å². The molecular weight excluding hydrogens is 358 g/mol. The number of halogens is 3. The van der Waals surface area contributed by atoms with Gasteiger partial charge in [0, 0.05) is 6.92 Å². The van der Waals surface area contributed by atoms with E-state index in [9.17, 15) is 23.5 Å². The van der Waals surface area contributed by atoms with Gasteiger partial charge in [-0.25, -0.2) is 18.6 Å². The number of carboxylic acid groups (broad SMARTS) is 1. The predicted molar refractivity (Wildman–Crippen MR) is 87.2 cm³/mol. The van der Waals surface area contributed by atoms with Crippen molar-refractivity contribution in [2.45, 2.75) is 13.8 Å². The molecule has 0 radical (unpaired) electrons. The van der Waals surface area contributed by atoms with Crippen LogP contribution < -0.4 is 10.1 Å². The number of pyridine rings is 1. The summed E-state index contributed by atoms with van der Waals surface area (Å²) in [6, 6.07) is 2.12. The summed E-state index contributed by atoms with van der Waals surface area (Å²) in [4.78, 5) is 26.3. The third-order valence-electron chi connectivity index (χ3n) is 3.29. The van der Waals surface area contributed by atoms with Crippen molar-refractivity contribution >= 4 is 29.2 Å². The smallest absolute Gasteiger partial charge is 0.356 e.